The summed E-state index contributed by atoms with van der Waals surface area (Å²) in [6.07, 6.45) is 3.28. The van der Waals surface area contributed by atoms with Crippen LogP contribution in [0.3, 0.4) is 0 Å². The molecular weight excluding hydrogens is 250 g/mol. The molecule has 0 saturated carbocycles. The molecule has 1 N–H and O–H groups in total. The second kappa shape index (κ2) is 8.27. The van der Waals surface area contributed by atoms with Crippen LogP contribution in [0.4, 0.5) is 5.82 Å². The van der Waals surface area contributed by atoms with Crippen molar-refractivity contribution in [3.63, 3.8) is 0 Å². The standard InChI is InChI=1S/C13H22ClN3O/c1-4-5-8-18-9-6-7-15-13-11(3)10(2)12(14)16-17-13/h4-9H2,1-3H3,(H,15,17). The second-order valence-corrected chi connectivity index (χ2v) is 4.69. The van der Waals surface area contributed by atoms with Crippen molar-refractivity contribution in [2.45, 2.75) is 40.0 Å². The van der Waals surface area contributed by atoms with E-state index in [2.05, 4.69) is 22.4 Å². The zero-order valence-electron chi connectivity index (χ0n) is 11.4. The number of ether oxygens (including phenoxy) is 1. The highest BCUT2D eigenvalue weighted by molar-refractivity contribution is 6.30. The first kappa shape index (κ1) is 15.2. The van der Waals surface area contributed by atoms with Crippen LogP contribution in [0.25, 0.3) is 0 Å². The molecule has 0 aliphatic heterocycles. The van der Waals surface area contributed by atoms with Crippen molar-refractivity contribution < 1.29 is 4.74 Å². The van der Waals surface area contributed by atoms with Crippen molar-refractivity contribution in [2.24, 2.45) is 0 Å². The normalized spacial score (nSPS) is 10.7. The first-order valence-electron chi connectivity index (χ1n) is 6.47. The Labute approximate surface area is 114 Å². The van der Waals surface area contributed by atoms with Crippen LogP contribution in [0.2, 0.25) is 5.15 Å². The Morgan fingerprint density at radius 1 is 1.11 bits per heavy atom. The summed E-state index contributed by atoms with van der Waals surface area (Å²) >= 11 is 5.90. The minimum atomic E-state index is 0.473. The third kappa shape index (κ3) is 4.78. The van der Waals surface area contributed by atoms with Crippen LogP contribution in [0.1, 0.15) is 37.3 Å². The van der Waals surface area contributed by atoms with E-state index in [1.807, 2.05) is 13.8 Å². The summed E-state index contributed by atoms with van der Waals surface area (Å²) < 4.78 is 5.49. The first-order chi connectivity index (χ1) is 8.66. The van der Waals surface area contributed by atoms with E-state index in [1.54, 1.807) is 0 Å². The highest BCUT2D eigenvalue weighted by Crippen LogP contribution is 2.20. The number of unbranched alkanes of at least 4 members (excludes halogenated alkanes) is 1. The molecule has 4 nitrogen and oxygen atoms in total. The van der Waals surface area contributed by atoms with E-state index < -0.39 is 0 Å². The van der Waals surface area contributed by atoms with Gasteiger partial charge < -0.3 is 10.1 Å². The van der Waals surface area contributed by atoms with Gasteiger partial charge in [0.1, 0.15) is 0 Å². The minimum absolute atomic E-state index is 0.473. The van der Waals surface area contributed by atoms with Crippen molar-refractivity contribution in [2.75, 3.05) is 25.1 Å². The molecule has 0 aliphatic rings. The van der Waals surface area contributed by atoms with Gasteiger partial charge in [-0.3, -0.25) is 0 Å². The average Bonchev–Trinajstić information content (AvgIpc) is 2.37. The van der Waals surface area contributed by atoms with Crippen LogP contribution in [0, 0.1) is 13.8 Å². The van der Waals surface area contributed by atoms with Crippen molar-refractivity contribution in [3.05, 3.63) is 16.3 Å². The summed E-state index contributed by atoms with van der Waals surface area (Å²) in [7, 11) is 0. The Bertz CT molecular complexity index is 371. The largest absolute Gasteiger partial charge is 0.381 e. The van der Waals surface area contributed by atoms with Crippen LogP contribution >= 0.6 is 11.6 Å². The smallest absolute Gasteiger partial charge is 0.155 e. The van der Waals surface area contributed by atoms with Crippen molar-refractivity contribution >= 4 is 17.4 Å². The van der Waals surface area contributed by atoms with E-state index in [-0.39, 0.29) is 0 Å². The molecule has 0 spiro atoms. The monoisotopic (exact) mass is 271 g/mol. The average molecular weight is 272 g/mol. The second-order valence-electron chi connectivity index (χ2n) is 4.34. The van der Waals surface area contributed by atoms with Gasteiger partial charge in [-0.2, -0.15) is 0 Å². The molecule has 5 heteroatoms. The Kier molecular flexibility index (Phi) is 6.98. The summed E-state index contributed by atoms with van der Waals surface area (Å²) in [5.41, 5.74) is 2.04. The fraction of sp³-hybridized carbons (Fsp3) is 0.692. The Morgan fingerprint density at radius 2 is 1.83 bits per heavy atom. The molecule has 0 aromatic carbocycles. The van der Waals surface area contributed by atoms with Crippen molar-refractivity contribution in [1.29, 1.82) is 0 Å². The van der Waals surface area contributed by atoms with Crippen LogP contribution in [0.5, 0.6) is 0 Å². The zero-order valence-corrected chi connectivity index (χ0v) is 12.2. The maximum Gasteiger partial charge on any atom is 0.155 e. The summed E-state index contributed by atoms with van der Waals surface area (Å²) in [4.78, 5) is 0. The molecule has 0 saturated heterocycles. The van der Waals surface area contributed by atoms with E-state index in [9.17, 15) is 0 Å². The Balaban J connectivity index is 2.25. The van der Waals surface area contributed by atoms with E-state index in [1.165, 1.54) is 6.42 Å². The highest BCUT2D eigenvalue weighted by Gasteiger charge is 2.06. The van der Waals surface area contributed by atoms with Gasteiger partial charge in [0.25, 0.3) is 0 Å². The van der Waals surface area contributed by atoms with E-state index in [0.29, 0.717) is 5.15 Å². The van der Waals surface area contributed by atoms with E-state index in [4.69, 9.17) is 16.3 Å². The van der Waals surface area contributed by atoms with Gasteiger partial charge >= 0.3 is 0 Å². The third-order valence-electron chi connectivity index (χ3n) is 2.87. The molecule has 1 aromatic rings. The summed E-state index contributed by atoms with van der Waals surface area (Å²) in [6.45, 7) is 8.58. The van der Waals surface area contributed by atoms with Gasteiger partial charge in [-0.05, 0) is 37.8 Å². The number of rotatable bonds is 8. The number of hydrogen-bond acceptors (Lipinski definition) is 4. The lowest BCUT2D eigenvalue weighted by atomic mass is 10.2. The summed E-state index contributed by atoms with van der Waals surface area (Å²) in [6, 6.07) is 0. The molecular formula is C13H22ClN3O. The molecule has 1 aromatic heterocycles. The summed E-state index contributed by atoms with van der Waals surface area (Å²) in [5.74, 6) is 0.811. The SMILES string of the molecule is CCCCOCCCNc1nnc(Cl)c(C)c1C. The van der Waals surface area contributed by atoms with Crippen LogP contribution in [0.15, 0.2) is 0 Å². The number of anilines is 1. The Hall–Kier alpha value is -0.870. The summed E-state index contributed by atoms with van der Waals surface area (Å²) in [5, 5.41) is 11.7. The van der Waals surface area contributed by atoms with Gasteiger partial charge in [-0.1, -0.05) is 24.9 Å². The lowest BCUT2D eigenvalue weighted by molar-refractivity contribution is 0.131. The van der Waals surface area contributed by atoms with Gasteiger partial charge in [-0.15, -0.1) is 10.2 Å². The first-order valence-corrected chi connectivity index (χ1v) is 6.85. The molecule has 102 valence electrons. The predicted octanol–water partition coefficient (Wildman–Crippen LogP) is 3.37. The van der Waals surface area contributed by atoms with Gasteiger partial charge in [-0.25, -0.2) is 0 Å². The maximum atomic E-state index is 5.90. The number of aromatic nitrogens is 2. The number of nitrogens with zero attached hydrogens (tertiary/aromatic N) is 2. The molecule has 18 heavy (non-hydrogen) atoms. The third-order valence-corrected chi connectivity index (χ3v) is 3.22. The van der Waals surface area contributed by atoms with Gasteiger partial charge in [0.2, 0.25) is 0 Å². The number of nitrogens with one attached hydrogen (secondary N) is 1. The lowest BCUT2D eigenvalue weighted by Crippen LogP contribution is -2.10. The molecule has 0 atom stereocenters. The molecule has 1 heterocycles. The maximum absolute atomic E-state index is 5.90. The quantitative estimate of drug-likeness (QED) is 0.737. The van der Waals surface area contributed by atoms with Gasteiger partial charge in [0.15, 0.2) is 11.0 Å². The molecule has 0 amide bonds. The minimum Gasteiger partial charge on any atom is -0.381 e. The van der Waals surface area contributed by atoms with Crippen LogP contribution < -0.4 is 5.32 Å². The molecule has 0 bridgehead atoms. The topological polar surface area (TPSA) is 47.0 Å². The van der Waals surface area contributed by atoms with Crippen molar-refractivity contribution in [1.82, 2.24) is 10.2 Å². The van der Waals surface area contributed by atoms with Crippen LogP contribution in [-0.4, -0.2) is 30.0 Å². The number of halogens is 1. The number of hydrogen-bond donors (Lipinski definition) is 1. The molecule has 0 aliphatic carbocycles. The van der Waals surface area contributed by atoms with Gasteiger partial charge in [0.05, 0.1) is 0 Å². The molecule has 0 radical (unpaired) electrons. The van der Waals surface area contributed by atoms with E-state index >= 15 is 0 Å². The molecule has 0 fully saturated rings. The van der Waals surface area contributed by atoms with Gasteiger partial charge in [0, 0.05) is 19.8 Å². The fourth-order valence-electron chi connectivity index (χ4n) is 1.47. The van der Waals surface area contributed by atoms with E-state index in [0.717, 1.165) is 49.5 Å². The Morgan fingerprint density at radius 3 is 2.56 bits per heavy atom. The predicted molar refractivity (Wildman–Crippen MR) is 75.3 cm³/mol. The zero-order chi connectivity index (χ0) is 13.4. The highest BCUT2D eigenvalue weighted by atomic mass is 35.5. The molecule has 0 unspecified atom stereocenters. The molecule has 1 rings (SSSR count). The lowest BCUT2D eigenvalue weighted by Gasteiger charge is -2.10. The van der Waals surface area contributed by atoms with Crippen LogP contribution in [-0.2, 0) is 4.74 Å². The fourth-order valence-corrected chi connectivity index (χ4v) is 1.65. The van der Waals surface area contributed by atoms with Crippen molar-refractivity contribution in [3.8, 4) is 0 Å².